The van der Waals surface area contributed by atoms with Crippen LogP contribution in [-0.2, 0) is 16.1 Å². The molecule has 1 fully saturated rings. The van der Waals surface area contributed by atoms with Crippen LogP contribution in [0.15, 0.2) is 59.1 Å². The van der Waals surface area contributed by atoms with E-state index in [9.17, 15) is 9.59 Å². The number of anilines is 1. The summed E-state index contributed by atoms with van der Waals surface area (Å²) in [4.78, 5) is 26.7. The maximum Gasteiger partial charge on any atom is 0.238 e. The van der Waals surface area contributed by atoms with Crippen LogP contribution in [0.1, 0.15) is 18.4 Å². The number of carbonyl (C=O) groups excluding carboxylic acids is 2. The molecule has 3 rings (SSSR count). The van der Waals surface area contributed by atoms with Gasteiger partial charge in [0.15, 0.2) is 0 Å². The van der Waals surface area contributed by atoms with Gasteiger partial charge in [-0.2, -0.15) is 0 Å². The molecule has 0 spiro atoms. The van der Waals surface area contributed by atoms with Crippen molar-refractivity contribution in [1.82, 2.24) is 10.2 Å². The van der Waals surface area contributed by atoms with Crippen molar-refractivity contribution in [2.75, 3.05) is 25.0 Å². The molecule has 0 bridgehead atoms. The third-order valence-electron chi connectivity index (χ3n) is 4.76. The molecule has 0 aliphatic carbocycles. The molecule has 1 aliphatic heterocycles. The van der Waals surface area contributed by atoms with E-state index >= 15 is 0 Å². The third kappa shape index (κ3) is 6.19. The topological polar surface area (TPSA) is 61.4 Å². The lowest BCUT2D eigenvalue weighted by Gasteiger charge is -2.30. The minimum Gasteiger partial charge on any atom is -0.352 e. The van der Waals surface area contributed by atoms with Crippen molar-refractivity contribution in [3.05, 3.63) is 64.6 Å². The lowest BCUT2D eigenvalue weighted by molar-refractivity contribution is -0.126. The Bertz CT molecular complexity index is 757. The molecule has 0 saturated carbocycles. The van der Waals surface area contributed by atoms with E-state index < -0.39 is 0 Å². The summed E-state index contributed by atoms with van der Waals surface area (Å²) in [6, 6.07) is 17.5. The summed E-state index contributed by atoms with van der Waals surface area (Å²) in [6.45, 7) is 2.44. The second-order valence-electron chi connectivity index (χ2n) is 6.81. The highest BCUT2D eigenvalue weighted by molar-refractivity contribution is 9.10. The van der Waals surface area contributed by atoms with Crippen LogP contribution in [0, 0.1) is 5.92 Å². The Kier molecular flexibility index (Phi) is 7.01. The largest absolute Gasteiger partial charge is 0.352 e. The van der Waals surface area contributed by atoms with E-state index in [0.717, 1.165) is 41.7 Å². The van der Waals surface area contributed by atoms with Gasteiger partial charge in [0.05, 0.1) is 6.54 Å². The van der Waals surface area contributed by atoms with Crippen LogP contribution in [0.5, 0.6) is 0 Å². The number of likely N-dealkylation sites (tertiary alicyclic amines) is 1. The molecule has 1 aliphatic rings. The zero-order valence-electron chi connectivity index (χ0n) is 15.2. The Balaban J connectivity index is 1.38. The van der Waals surface area contributed by atoms with E-state index in [-0.39, 0.29) is 17.7 Å². The number of halogens is 1. The molecule has 2 amide bonds. The molecule has 2 aromatic rings. The second kappa shape index (κ2) is 9.67. The van der Waals surface area contributed by atoms with Crippen LogP contribution in [-0.4, -0.2) is 36.3 Å². The van der Waals surface area contributed by atoms with E-state index in [4.69, 9.17) is 0 Å². The highest BCUT2D eigenvalue weighted by Crippen LogP contribution is 2.18. The van der Waals surface area contributed by atoms with Gasteiger partial charge < -0.3 is 10.6 Å². The van der Waals surface area contributed by atoms with Crippen molar-refractivity contribution in [2.45, 2.75) is 19.4 Å². The number of hydrogen-bond acceptors (Lipinski definition) is 3. The monoisotopic (exact) mass is 429 g/mol. The van der Waals surface area contributed by atoms with Crippen molar-refractivity contribution in [3.8, 4) is 0 Å². The molecule has 2 N–H and O–H groups in total. The van der Waals surface area contributed by atoms with Crippen LogP contribution < -0.4 is 10.6 Å². The van der Waals surface area contributed by atoms with Gasteiger partial charge in [-0.05, 0) is 55.8 Å². The van der Waals surface area contributed by atoms with Crippen LogP contribution in [0.3, 0.4) is 0 Å². The first-order valence-electron chi connectivity index (χ1n) is 9.19. The summed E-state index contributed by atoms with van der Waals surface area (Å²) in [5.41, 5.74) is 1.89. The standard InChI is InChI=1S/C21H24BrN3O2/c22-18-6-8-19(9-7-18)24-20(26)15-25-12-10-17(11-13-25)21(27)23-14-16-4-2-1-3-5-16/h1-9,17H,10-15H2,(H,23,27)(H,24,26). The Morgan fingerprint density at radius 1 is 1.00 bits per heavy atom. The maximum atomic E-state index is 12.4. The normalized spacial score (nSPS) is 15.3. The first-order valence-corrected chi connectivity index (χ1v) is 9.99. The first-order chi connectivity index (χ1) is 13.1. The van der Waals surface area contributed by atoms with Gasteiger partial charge in [0.25, 0.3) is 0 Å². The number of carbonyl (C=O) groups is 2. The maximum absolute atomic E-state index is 12.4. The highest BCUT2D eigenvalue weighted by atomic mass is 79.9. The zero-order valence-corrected chi connectivity index (χ0v) is 16.7. The Morgan fingerprint density at radius 2 is 1.67 bits per heavy atom. The Labute approximate surface area is 168 Å². The van der Waals surface area contributed by atoms with Crippen molar-refractivity contribution in [1.29, 1.82) is 0 Å². The van der Waals surface area contributed by atoms with Gasteiger partial charge in [-0.1, -0.05) is 46.3 Å². The number of nitrogens with one attached hydrogen (secondary N) is 2. The fraction of sp³-hybridized carbons (Fsp3) is 0.333. The van der Waals surface area contributed by atoms with E-state index in [1.165, 1.54) is 0 Å². The number of nitrogens with zero attached hydrogens (tertiary/aromatic N) is 1. The molecule has 0 unspecified atom stereocenters. The Morgan fingerprint density at radius 3 is 2.33 bits per heavy atom. The molecule has 1 heterocycles. The van der Waals surface area contributed by atoms with Crippen LogP contribution in [0.25, 0.3) is 0 Å². The molecule has 2 aromatic carbocycles. The van der Waals surface area contributed by atoms with Gasteiger partial charge in [-0.3, -0.25) is 14.5 Å². The SMILES string of the molecule is O=C(CN1CCC(C(=O)NCc2ccccc2)CC1)Nc1ccc(Br)cc1. The average molecular weight is 430 g/mol. The van der Waals surface area contributed by atoms with Crippen LogP contribution >= 0.6 is 15.9 Å². The molecule has 0 radical (unpaired) electrons. The lowest BCUT2D eigenvalue weighted by Crippen LogP contribution is -2.43. The third-order valence-corrected chi connectivity index (χ3v) is 5.29. The van der Waals surface area contributed by atoms with Crippen molar-refractivity contribution in [2.24, 2.45) is 5.92 Å². The van der Waals surface area contributed by atoms with Crippen LogP contribution in [0.2, 0.25) is 0 Å². The van der Waals surface area contributed by atoms with Crippen molar-refractivity contribution >= 4 is 33.4 Å². The predicted octanol–water partition coefficient (Wildman–Crippen LogP) is 3.42. The quantitative estimate of drug-likeness (QED) is 0.739. The number of rotatable bonds is 6. The van der Waals surface area contributed by atoms with Gasteiger partial charge in [0, 0.05) is 22.6 Å². The number of piperidine rings is 1. The molecule has 5 nitrogen and oxygen atoms in total. The smallest absolute Gasteiger partial charge is 0.238 e. The van der Waals surface area contributed by atoms with Gasteiger partial charge in [0.2, 0.25) is 11.8 Å². The molecule has 27 heavy (non-hydrogen) atoms. The molecular formula is C21H24BrN3O2. The first kappa shape index (κ1) is 19.6. The number of hydrogen-bond donors (Lipinski definition) is 2. The van der Waals surface area contributed by atoms with E-state index in [1.54, 1.807) is 0 Å². The second-order valence-corrected chi connectivity index (χ2v) is 7.72. The van der Waals surface area contributed by atoms with E-state index in [2.05, 4.69) is 31.5 Å². The Hall–Kier alpha value is -2.18. The van der Waals surface area contributed by atoms with Gasteiger partial charge in [-0.15, -0.1) is 0 Å². The van der Waals surface area contributed by atoms with Gasteiger partial charge in [0.1, 0.15) is 0 Å². The highest BCUT2D eigenvalue weighted by Gasteiger charge is 2.25. The zero-order chi connectivity index (χ0) is 19.1. The van der Waals surface area contributed by atoms with E-state index in [1.807, 2.05) is 54.6 Å². The van der Waals surface area contributed by atoms with Crippen molar-refractivity contribution < 1.29 is 9.59 Å². The number of benzene rings is 2. The van der Waals surface area contributed by atoms with Gasteiger partial charge >= 0.3 is 0 Å². The molecular weight excluding hydrogens is 406 g/mol. The summed E-state index contributed by atoms with van der Waals surface area (Å²) in [5, 5.41) is 5.93. The average Bonchev–Trinajstić information content (AvgIpc) is 2.69. The summed E-state index contributed by atoms with van der Waals surface area (Å²) >= 11 is 3.38. The molecule has 142 valence electrons. The summed E-state index contributed by atoms with van der Waals surface area (Å²) in [6.07, 6.45) is 1.57. The van der Waals surface area contributed by atoms with E-state index in [0.29, 0.717) is 13.1 Å². The minimum atomic E-state index is -0.0238. The molecule has 1 saturated heterocycles. The summed E-state index contributed by atoms with van der Waals surface area (Å²) < 4.78 is 0.980. The summed E-state index contributed by atoms with van der Waals surface area (Å²) in [7, 11) is 0. The lowest BCUT2D eigenvalue weighted by atomic mass is 9.96. The number of amides is 2. The minimum absolute atomic E-state index is 0.0238. The fourth-order valence-corrected chi connectivity index (χ4v) is 3.48. The van der Waals surface area contributed by atoms with Crippen molar-refractivity contribution in [3.63, 3.8) is 0 Å². The van der Waals surface area contributed by atoms with Gasteiger partial charge in [-0.25, -0.2) is 0 Å². The molecule has 0 atom stereocenters. The predicted molar refractivity (Wildman–Crippen MR) is 110 cm³/mol. The molecule has 0 aromatic heterocycles. The van der Waals surface area contributed by atoms with Crippen LogP contribution in [0.4, 0.5) is 5.69 Å². The summed E-state index contributed by atoms with van der Waals surface area (Å²) in [5.74, 6) is 0.113. The fourth-order valence-electron chi connectivity index (χ4n) is 3.22. The molecule has 6 heteroatoms.